The van der Waals surface area contributed by atoms with Gasteiger partial charge in [0.2, 0.25) is 35.7 Å². The third-order valence-electron chi connectivity index (χ3n) is 7.64. The normalized spacial score (nSPS) is 11.2. The van der Waals surface area contributed by atoms with Gasteiger partial charge in [0.05, 0.1) is 23.0 Å². The Balaban J connectivity index is 0.00000397. The average Bonchev–Trinajstić information content (AvgIpc) is 3.19. The first kappa shape index (κ1) is 49.1. The molecule has 0 fully saturated rings. The van der Waals surface area contributed by atoms with E-state index in [1.165, 1.54) is 36.4 Å². The van der Waals surface area contributed by atoms with Crippen LogP contribution in [0, 0.1) is 0 Å². The van der Waals surface area contributed by atoms with Crippen molar-refractivity contribution in [3.05, 3.63) is 108 Å². The van der Waals surface area contributed by atoms with Crippen LogP contribution in [0.2, 0.25) is 0 Å². The van der Waals surface area contributed by atoms with E-state index >= 15 is 0 Å². The molecule has 24 heteroatoms. The molecule has 0 saturated carbocycles. The molecule has 0 amide bonds. The summed E-state index contributed by atoms with van der Waals surface area (Å²) in [5.41, 5.74) is 1.30. The molecule has 0 bridgehead atoms. The summed E-state index contributed by atoms with van der Waals surface area (Å²) in [6, 6.07) is 25.5. The fourth-order valence-electron chi connectivity index (χ4n) is 5.14. The van der Waals surface area contributed by atoms with Crippen LogP contribution in [-0.4, -0.2) is 92.4 Å². The summed E-state index contributed by atoms with van der Waals surface area (Å²) in [4.78, 5) is 24.3. The molecule has 2 aromatic heterocycles. The number of para-hydroxylation sites is 2. The number of nitrogens with zero attached hydrogens (tertiary/aromatic N) is 6. The largest absolute Gasteiger partial charge is 1.00 e. The molecule has 20 nitrogen and oxygen atoms in total. The van der Waals surface area contributed by atoms with E-state index in [-0.39, 0.29) is 187 Å². The Labute approximate surface area is 430 Å². The van der Waals surface area contributed by atoms with Gasteiger partial charge in [0.1, 0.15) is 20.2 Å². The predicted octanol–water partition coefficient (Wildman–Crippen LogP) is -2.17. The van der Waals surface area contributed by atoms with Crippen molar-refractivity contribution in [2.75, 3.05) is 58.2 Å². The van der Waals surface area contributed by atoms with Crippen LogP contribution in [0.5, 0.6) is 0 Å². The maximum Gasteiger partial charge on any atom is 1.00 e. The molecule has 4 aromatic carbocycles. The fourth-order valence-corrected chi connectivity index (χ4v) is 6.53. The van der Waals surface area contributed by atoms with E-state index in [4.69, 9.17) is 0 Å². The SMILES string of the molecule is O=S(=O)([O-])c1cc(Nc2nc(NCCO)nc(Nc3ccccc3)n2)ccc1C=Cc1ccc(Nc2nc(NCCO)nc(Nc3ccccc3)n2)cc1S(=O)(=O)[O-].[K+].[K+]. The third kappa shape index (κ3) is 14.5. The molecule has 0 aliphatic heterocycles. The number of aliphatic hydroxyl groups excluding tert-OH is 2. The van der Waals surface area contributed by atoms with Crippen molar-refractivity contribution in [3.63, 3.8) is 0 Å². The molecule has 6 rings (SSSR count). The first-order chi connectivity index (χ1) is 27.9. The Kier molecular flexibility index (Phi) is 18.9. The summed E-state index contributed by atoms with van der Waals surface area (Å²) < 4.78 is 74.8. The van der Waals surface area contributed by atoms with Crippen LogP contribution in [0.3, 0.4) is 0 Å². The maximum absolute atomic E-state index is 12.5. The van der Waals surface area contributed by atoms with E-state index in [1.54, 1.807) is 48.5 Å². The summed E-state index contributed by atoms with van der Waals surface area (Å²) in [6.45, 7) is -0.168. The summed E-state index contributed by atoms with van der Waals surface area (Å²) in [6.07, 6.45) is 2.36. The van der Waals surface area contributed by atoms with E-state index < -0.39 is 30.0 Å². The van der Waals surface area contributed by atoms with Crippen LogP contribution < -0.4 is 135 Å². The Morgan fingerprint density at radius 2 is 0.783 bits per heavy atom. The van der Waals surface area contributed by atoms with Gasteiger partial charge in [-0.15, -0.1) is 0 Å². The van der Waals surface area contributed by atoms with Gasteiger partial charge in [-0.1, -0.05) is 60.7 Å². The topological polar surface area (TPSA) is 304 Å². The molecule has 8 N–H and O–H groups in total. The second-order valence-corrected chi connectivity index (χ2v) is 14.6. The number of benzene rings is 4. The number of nitrogens with one attached hydrogen (secondary N) is 6. The van der Waals surface area contributed by atoms with Gasteiger partial charge in [0, 0.05) is 35.8 Å². The predicted molar refractivity (Wildman–Crippen MR) is 215 cm³/mol. The zero-order valence-corrected chi connectivity index (χ0v) is 39.9. The minimum Gasteiger partial charge on any atom is -0.744 e. The summed E-state index contributed by atoms with van der Waals surface area (Å²) in [5.74, 6) is 0.328. The smallest absolute Gasteiger partial charge is 0.744 e. The first-order valence-corrected chi connectivity index (χ1v) is 20.0. The van der Waals surface area contributed by atoms with Crippen molar-refractivity contribution in [1.82, 2.24) is 29.9 Å². The van der Waals surface area contributed by atoms with Crippen LogP contribution in [-0.2, 0) is 20.2 Å². The standard InChI is InChI=1S/C36H36N12O8S2.2K/c49-19-17-37-31-43-33(39-25-7-3-1-4-8-25)47-35(45-31)41-27-15-13-23(29(21-27)57(51,52)53)11-12-24-14-16-28(22-30(24)58(54,55)56)42-36-46-32(38-18-20-50)44-34(48-36)40-26-9-5-2-6-10-26;;/h1-16,21-22,49-50H,17-20H2,(H,51,52,53)(H,54,55,56)(H3,37,39,41,43,45,47)(H3,38,40,42,44,46,48);;/q;2*+1/p-2. The Bertz CT molecular complexity index is 2460. The summed E-state index contributed by atoms with van der Waals surface area (Å²) >= 11 is 0. The van der Waals surface area contributed by atoms with E-state index in [1.807, 2.05) is 12.1 Å². The number of anilines is 10. The van der Waals surface area contributed by atoms with Crippen LogP contribution >= 0.6 is 0 Å². The minimum atomic E-state index is -5.11. The molecule has 0 atom stereocenters. The number of hydrogen-bond donors (Lipinski definition) is 8. The van der Waals surface area contributed by atoms with E-state index in [2.05, 4.69) is 61.8 Å². The van der Waals surface area contributed by atoms with Crippen molar-refractivity contribution >= 4 is 90.8 Å². The van der Waals surface area contributed by atoms with Crippen molar-refractivity contribution in [1.29, 1.82) is 0 Å². The molecule has 0 aliphatic rings. The minimum absolute atomic E-state index is 0. The number of hydrogen-bond acceptors (Lipinski definition) is 20. The van der Waals surface area contributed by atoms with Crippen molar-refractivity contribution in [2.45, 2.75) is 9.79 Å². The molecule has 0 unspecified atom stereocenters. The van der Waals surface area contributed by atoms with Crippen LogP contribution in [0.15, 0.2) is 107 Å². The van der Waals surface area contributed by atoms with Crippen LogP contribution in [0.25, 0.3) is 12.2 Å². The third-order valence-corrected chi connectivity index (χ3v) is 9.43. The Hall–Kier alpha value is -3.55. The monoisotopic (exact) mass is 904 g/mol. The molecule has 0 radical (unpaired) electrons. The second-order valence-electron chi connectivity index (χ2n) is 11.9. The van der Waals surface area contributed by atoms with Gasteiger partial charge >= 0.3 is 103 Å². The van der Waals surface area contributed by atoms with E-state index in [9.17, 15) is 36.2 Å². The molecule has 0 spiro atoms. The van der Waals surface area contributed by atoms with Gasteiger partial charge in [0.15, 0.2) is 0 Å². The zero-order valence-electron chi connectivity index (χ0n) is 32.1. The molecule has 300 valence electrons. The van der Waals surface area contributed by atoms with Gasteiger partial charge in [-0.2, -0.15) is 29.9 Å². The molecular weight excluding hydrogens is 871 g/mol. The van der Waals surface area contributed by atoms with Crippen molar-refractivity contribution in [2.24, 2.45) is 0 Å². The van der Waals surface area contributed by atoms with Gasteiger partial charge in [-0.05, 0) is 59.7 Å². The van der Waals surface area contributed by atoms with E-state index in [0.717, 1.165) is 12.1 Å². The van der Waals surface area contributed by atoms with Crippen molar-refractivity contribution < 1.29 is 139 Å². The molecule has 0 aliphatic carbocycles. The number of rotatable bonds is 18. The van der Waals surface area contributed by atoms with Crippen LogP contribution in [0.4, 0.5) is 58.4 Å². The Morgan fingerprint density at radius 1 is 0.467 bits per heavy atom. The molecule has 60 heavy (non-hydrogen) atoms. The molecular formula is C36H34K2N12O8S2. The first-order valence-electron chi connectivity index (χ1n) is 17.1. The quantitative estimate of drug-likeness (QED) is 0.0258. The number of aromatic nitrogens is 6. The van der Waals surface area contributed by atoms with Gasteiger partial charge in [-0.3, -0.25) is 0 Å². The summed E-state index contributed by atoms with van der Waals surface area (Å²) in [5, 5.41) is 35.9. The Morgan fingerprint density at radius 3 is 1.10 bits per heavy atom. The maximum atomic E-state index is 12.5. The average molecular weight is 905 g/mol. The fraction of sp³-hybridized carbons (Fsp3) is 0.111. The van der Waals surface area contributed by atoms with E-state index in [0.29, 0.717) is 11.4 Å². The van der Waals surface area contributed by atoms with Crippen LogP contribution in [0.1, 0.15) is 11.1 Å². The summed E-state index contributed by atoms with van der Waals surface area (Å²) in [7, 11) is -10.2. The van der Waals surface area contributed by atoms with Crippen molar-refractivity contribution in [3.8, 4) is 0 Å². The molecule has 6 aromatic rings. The van der Waals surface area contributed by atoms with Gasteiger partial charge in [0.25, 0.3) is 0 Å². The zero-order chi connectivity index (χ0) is 41.1. The molecule has 0 saturated heterocycles. The molecule has 2 heterocycles. The number of aliphatic hydroxyl groups is 2. The second kappa shape index (κ2) is 23.1. The van der Waals surface area contributed by atoms with Gasteiger partial charge in [-0.25, -0.2) is 16.8 Å². The van der Waals surface area contributed by atoms with Gasteiger partial charge < -0.3 is 51.2 Å².